The van der Waals surface area contributed by atoms with E-state index in [-0.39, 0.29) is 12.6 Å². The Balaban J connectivity index is 1.35. The van der Waals surface area contributed by atoms with Crippen LogP contribution in [0, 0.1) is 0 Å². The average molecular weight is 360 g/mol. The predicted octanol–water partition coefficient (Wildman–Crippen LogP) is 3.59. The van der Waals surface area contributed by atoms with E-state index in [1.165, 1.54) is 16.5 Å². The van der Waals surface area contributed by atoms with E-state index in [4.69, 9.17) is 9.47 Å². The number of fused-ring (bicyclic) bond motifs is 3. The fourth-order valence-corrected chi connectivity index (χ4v) is 3.83. The van der Waals surface area contributed by atoms with E-state index in [0.29, 0.717) is 6.42 Å². The molecule has 0 amide bonds. The summed E-state index contributed by atoms with van der Waals surface area (Å²) in [6.07, 6.45) is 5.84. The van der Waals surface area contributed by atoms with Gasteiger partial charge in [-0.05, 0) is 42.2 Å². The van der Waals surface area contributed by atoms with Crippen molar-refractivity contribution < 1.29 is 14.3 Å². The highest BCUT2D eigenvalue weighted by Gasteiger charge is 2.22. The molecule has 3 aromatic rings. The lowest BCUT2D eigenvalue weighted by molar-refractivity contribution is -0.114. The molecule has 0 radical (unpaired) electrons. The maximum absolute atomic E-state index is 12.6. The van der Waals surface area contributed by atoms with Crippen molar-refractivity contribution in [3.63, 3.8) is 0 Å². The summed E-state index contributed by atoms with van der Waals surface area (Å²) in [6.45, 7) is 1.07. The quantitative estimate of drug-likeness (QED) is 0.698. The van der Waals surface area contributed by atoms with Gasteiger partial charge in [0.2, 0.25) is 6.79 Å². The second-order valence-corrected chi connectivity index (χ2v) is 6.92. The Kier molecular flexibility index (Phi) is 3.85. The Morgan fingerprint density at radius 3 is 2.93 bits per heavy atom. The van der Waals surface area contributed by atoms with Gasteiger partial charge in [-0.3, -0.25) is 4.79 Å². The van der Waals surface area contributed by atoms with Crippen molar-refractivity contribution in [3.8, 4) is 11.5 Å². The summed E-state index contributed by atoms with van der Waals surface area (Å²) < 4.78 is 11.0. The minimum absolute atomic E-state index is 0.119. The molecule has 5 heteroatoms. The van der Waals surface area contributed by atoms with E-state index < -0.39 is 0 Å². The van der Waals surface area contributed by atoms with Gasteiger partial charge in [0.1, 0.15) is 0 Å². The van der Waals surface area contributed by atoms with Gasteiger partial charge in [0, 0.05) is 47.4 Å². The lowest BCUT2D eigenvalue weighted by Gasteiger charge is -2.21. The number of aryl methyl sites for hydroxylation is 1. The van der Waals surface area contributed by atoms with E-state index in [0.717, 1.165) is 47.7 Å². The molecule has 0 aliphatic carbocycles. The molecule has 0 fully saturated rings. The highest BCUT2D eigenvalue weighted by atomic mass is 16.7. The minimum Gasteiger partial charge on any atom is -0.454 e. The van der Waals surface area contributed by atoms with Crippen molar-refractivity contribution in [2.24, 2.45) is 0 Å². The SMILES string of the molecule is O=C(/C=C1\NCCc2cc3c(cc21)OCO3)CCc1c[nH]c2ccccc12. The first kappa shape index (κ1) is 16.0. The first-order valence-electron chi connectivity index (χ1n) is 9.24. The number of H-pyrrole nitrogens is 1. The Hall–Kier alpha value is -3.21. The molecule has 27 heavy (non-hydrogen) atoms. The molecule has 0 saturated heterocycles. The first-order valence-corrected chi connectivity index (χ1v) is 9.24. The van der Waals surface area contributed by atoms with Crippen molar-refractivity contribution in [2.45, 2.75) is 19.3 Å². The summed E-state index contributed by atoms with van der Waals surface area (Å²) in [7, 11) is 0. The van der Waals surface area contributed by atoms with Gasteiger partial charge in [0.15, 0.2) is 17.3 Å². The highest BCUT2D eigenvalue weighted by Crippen LogP contribution is 2.38. The summed E-state index contributed by atoms with van der Waals surface area (Å²) in [5.74, 6) is 1.66. The molecule has 1 aromatic heterocycles. The van der Waals surface area contributed by atoms with Gasteiger partial charge >= 0.3 is 0 Å². The van der Waals surface area contributed by atoms with Crippen LogP contribution in [-0.4, -0.2) is 24.1 Å². The number of carbonyl (C=O) groups excluding carboxylic acids is 1. The van der Waals surface area contributed by atoms with Crippen LogP contribution in [0.3, 0.4) is 0 Å². The number of aromatic amines is 1. The molecule has 2 N–H and O–H groups in total. The van der Waals surface area contributed by atoms with Crippen LogP contribution in [0.4, 0.5) is 0 Å². The predicted molar refractivity (Wildman–Crippen MR) is 104 cm³/mol. The summed E-state index contributed by atoms with van der Waals surface area (Å²) in [4.78, 5) is 15.9. The van der Waals surface area contributed by atoms with Crippen LogP contribution in [0.2, 0.25) is 0 Å². The summed E-state index contributed by atoms with van der Waals surface area (Å²) in [5.41, 5.74) is 5.38. The monoisotopic (exact) mass is 360 g/mol. The van der Waals surface area contributed by atoms with Crippen LogP contribution in [-0.2, 0) is 17.6 Å². The van der Waals surface area contributed by atoms with Crippen LogP contribution in [0.5, 0.6) is 11.5 Å². The van der Waals surface area contributed by atoms with Crippen LogP contribution >= 0.6 is 0 Å². The van der Waals surface area contributed by atoms with Crippen molar-refractivity contribution in [2.75, 3.05) is 13.3 Å². The number of benzene rings is 2. The maximum atomic E-state index is 12.6. The topological polar surface area (TPSA) is 63.4 Å². The van der Waals surface area contributed by atoms with E-state index in [9.17, 15) is 4.79 Å². The zero-order valence-electron chi connectivity index (χ0n) is 14.9. The molecule has 3 heterocycles. The largest absolute Gasteiger partial charge is 0.454 e. The molecular formula is C22H20N2O3. The van der Waals surface area contributed by atoms with Crippen molar-refractivity contribution >= 4 is 22.4 Å². The number of ether oxygens (including phenoxy) is 2. The molecule has 2 aromatic carbocycles. The molecule has 0 atom stereocenters. The molecule has 0 unspecified atom stereocenters. The van der Waals surface area contributed by atoms with Gasteiger partial charge in [0.25, 0.3) is 0 Å². The van der Waals surface area contributed by atoms with Gasteiger partial charge in [-0.1, -0.05) is 18.2 Å². The number of hydrogen-bond acceptors (Lipinski definition) is 4. The summed E-state index contributed by atoms with van der Waals surface area (Å²) >= 11 is 0. The van der Waals surface area contributed by atoms with Gasteiger partial charge < -0.3 is 19.8 Å². The van der Waals surface area contributed by atoms with Crippen LogP contribution in [0.15, 0.2) is 48.7 Å². The number of aromatic nitrogens is 1. The third-order valence-electron chi connectivity index (χ3n) is 5.22. The maximum Gasteiger partial charge on any atom is 0.231 e. The van der Waals surface area contributed by atoms with Gasteiger partial charge in [0.05, 0.1) is 0 Å². The molecule has 0 spiro atoms. The molecule has 0 bridgehead atoms. The third kappa shape index (κ3) is 2.95. The fourth-order valence-electron chi connectivity index (χ4n) is 3.83. The normalized spacial score (nSPS) is 16.4. The second-order valence-electron chi connectivity index (χ2n) is 6.92. The molecule has 5 rings (SSSR count). The smallest absolute Gasteiger partial charge is 0.231 e. The van der Waals surface area contributed by atoms with Crippen molar-refractivity contribution in [3.05, 3.63) is 65.4 Å². The lowest BCUT2D eigenvalue weighted by Crippen LogP contribution is -2.23. The molecule has 136 valence electrons. The molecular weight excluding hydrogens is 340 g/mol. The Morgan fingerprint density at radius 2 is 2.00 bits per heavy atom. The van der Waals surface area contributed by atoms with Gasteiger partial charge in [-0.2, -0.15) is 0 Å². The molecule has 0 saturated carbocycles. The van der Waals surface area contributed by atoms with E-state index in [2.05, 4.69) is 22.4 Å². The number of allylic oxidation sites excluding steroid dienone is 1. The molecule has 5 nitrogen and oxygen atoms in total. The number of ketones is 1. The standard InChI is InChI=1S/C22H20N2O3/c25-16(6-5-15-12-24-19-4-2-1-3-17(15)19)10-20-18-11-22-21(26-13-27-22)9-14(18)7-8-23-20/h1-4,9-12,23-24H,5-8,13H2/b20-10-. The van der Waals surface area contributed by atoms with Crippen molar-refractivity contribution in [1.82, 2.24) is 10.3 Å². The molecule has 2 aliphatic rings. The number of rotatable bonds is 4. The Bertz CT molecular complexity index is 1060. The van der Waals surface area contributed by atoms with Gasteiger partial charge in [-0.25, -0.2) is 0 Å². The third-order valence-corrected chi connectivity index (χ3v) is 5.22. The van der Waals surface area contributed by atoms with Crippen LogP contribution < -0.4 is 14.8 Å². The number of carbonyl (C=O) groups is 1. The average Bonchev–Trinajstić information content (AvgIpc) is 3.31. The Morgan fingerprint density at radius 1 is 1.15 bits per heavy atom. The summed E-state index contributed by atoms with van der Waals surface area (Å²) in [6, 6.07) is 12.2. The second kappa shape index (κ2) is 6.50. The number of para-hydroxylation sites is 1. The minimum atomic E-state index is 0.119. The lowest BCUT2D eigenvalue weighted by atomic mass is 9.96. The number of hydrogen-bond donors (Lipinski definition) is 2. The highest BCUT2D eigenvalue weighted by molar-refractivity contribution is 5.97. The van der Waals surface area contributed by atoms with E-state index in [1.807, 2.05) is 30.5 Å². The van der Waals surface area contributed by atoms with Crippen LogP contribution in [0.25, 0.3) is 16.6 Å². The number of nitrogens with one attached hydrogen (secondary N) is 2. The Labute approximate surface area is 157 Å². The molecule has 2 aliphatic heterocycles. The first-order chi connectivity index (χ1) is 13.3. The zero-order valence-corrected chi connectivity index (χ0v) is 14.9. The summed E-state index contributed by atoms with van der Waals surface area (Å²) in [5, 5.41) is 4.54. The fraction of sp³-hybridized carbons (Fsp3) is 0.227. The zero-order chi connectivity index (χ0) is 18.2. The van der Waals surface area contributed by atoms with Gasteiger partial charge in [-0.15, -0.1) is 0 Å². The van der Waals surface area contributed by atoms with E-state index >= 15 is 0 Å². The van der Waals surface area contributed by atoms with E-state index in [1.54, 1.807) is 6.08 Å². The van der Waals surface area contributed by atoms with Crippen LogP contribution in [0.1, 0.15) is 23.1 Å². The van der Waals surface area contributed by atoms with Crippen molar-refractivity contribution in [1.29, 1.82) is 0 Å².